The van der Waals surface area contributed by atoms with Crippen LogP contribution in [-0.2, 0) is 4.43 Å². The molecule has 1 heterocycles. The van der Waals surface area contributed by atoms with Gasteiger partial charge in [0.15, 0.2) is 16.4 Å². The van der Waals surface area contributed by atoms with Crippen molar-refractivity contribution in [3.05, 3.63) is 102 Å². The Morgan fingerprint density at radius 3 is 1.12 bits per heavy atom. The topological polar surface area (TPSA) is 9.23 Å². The fraction of sp³-hybridized carbons (Fsp3) is 0.412. The van der Waals surface area contributed by atoms with Gasteiger partial charge in [0.2, 0.25) is 0 Å². The molecule has 214 valence electrons. The molecule has 0 N–H and O–H groups in total. The zero-order chi connectivity index (χ0) is 29.8. The number of hydrogen-bond donors (Lipinski definition) is 0. The molecule has 1 nitrogen and oxygen atoms in total. The van der Waals surface area contributed by atoms with Crippen molar-refractivity contribution < 1.29 is 4.43 Å². The van der Waals surface area contributed by atoms with E-state index in [0.717, 1.165) is 0 Å². The van der Waals surface area contributed by atoms with Crippen LogP contribution in [-0.4, -0.2) is 43.9 Å². The molecule has 4 rings (SSSR count). The third-order valence-electron chi connectivity index (χ3n) is 9.20. The molecule has 6 heteroatoms. The van der Waals surface area contributed by atoms with Gasteiger partial charge in [0, 0.05) is 15.2 Å². The van der Waals surface area contributed by atoms with E-state index in [4.69, 9.17) is 4.43 Å². The highest BCUT2D eigenvalue weighted by atomic mass is 29.6. The quantitative estimate of drug-likeness (QED) is 0.187. The largest absolute Gasteiger partial charge is 0.411 e. The highest BCUT2D eigenvalue weighted by Gasteiger charge is 2.78. The first kappa shape index (κ1) is 31.4. The molecule has 0 radical (unpaired) electrons. The van der Waals surface area contributed by atoms with Gasteiger partial charge >= 0.3 is 0 Å². The molecule has 1 unspecified atom stereocenters. The van der Waals surface area contributed by atoms with Gasteiger partial charge in [-0.05, 0) is 45.8 Å². The molecule has 3 aromatic rings. The van der Waals surface area contributed by atoms with E-state index in [2.05, 4.69) is 176 Å². The Kier molecular flexibility index (Phi) is 8.09. The van der Waals surface area contributed by atoms with E-state index >= 15 is 0 Å². The normalized spacial score (nSPS) is 20.1. The van der Waals surface area contributed by atoms with Crippen LogP contribution in [0.25, 0.3) is 0 Å². The van der Waals surface area contributed by atoms with E-state index in [9.17, 15) is 0 Å². The maximum Gasteiger partial charge on any atom is 0.184 e. The van der Waals surface area contributed by atoms with Crippen molar-refractivity contribution in [2.24, 2.45) is 5.41 Å². The predicted molar refractivity (Wildman–Crippen MR) is 191 cm³/mol. The van der Waals surface area contributed by atoms with Gasteiger partial charge < -0.3 is 4.43 Å². The molecular weight excluding hydrogens is 565 g/mol. The first-order valence-electron chi connectivity index (χ1n) is 15.0. The van der Waals surface area contributed by atoms with Crippen molar-refractivity contribution in [2.75, 3.05) is 0 Å². The Labute approximate surface area is 249 Å². The Balaban J connectivity index is 2.33. The smallest absolute Gasteiger partial charge is 0.184 e. The van der Waals surface area contributed by atoms with Crippen LogP contribution in [0.1, 0.15) is 20.8 Å². The van der Waals surface area contributed by atoms with Gasteiger partial charge in [-0.25, -0.2) is 0 Å². The second-order valence-corrected chi connectivity index (χ2v) is 50.9. The minimum atomic E-state index is -2.69. The lowest BCUT2D eigenvalue weighted by Crippen LogP contribution is -2.94. The molecule has 0 fully saturated rings. The van der Waals surface area contributed by atoms with Gasteiger partial charge in [-0.2, -0.15) is 0 Å². The lowest BCUT2D eigenvalue weighted by molar-refractivity contribution is 0.0622. The highest BCUT2D eigenvalue weighted by Crippen LogP contribution is 2.62. The Bertz CT molecular complexity index is 1230. The minimum absolute atomic E-state index is 0.0270. The molecule has 1 aliphatic rings. The van der Waals surface area contributed by atoms with E-state index in [1.165, 1.54) is 15.6 Å². The van der Waals surface area contributed by atoms with Gasteiger partial charge in [-0.3, -0.25) is 0 Å². The molecule has 0 aromatic heterocycles. The van der Waals surface area contributed by atoms with Crippen LogP contribution in [0.2, 0.25) is 58.9 Å². The SMILES string of the molecule is CC(C)(C)C1(O[Si](C)(C)C)C([Si](c2ccccc2)(c2ccccc2)c2ccccc2)=C[Si]1([Si](C)(C)C)[Si](C)(C)C. The zero-order valence-corrected chi connectivity index (χ0v) is 32.1. The summed E-state index contributed by atoms with van der Waals surface area (Å²) in [6.07, 6.45) is 0. The Morgan fingerprint density at radius 1 is 0.550 bits per heavy atom. The van der Waals surface area contributed by atoms with E-state index in [1.54, 1.807) is 5.20 Å². The summed E-state index contributed by atoms with van der Waals surface area (Å²) in [6, 6.07) is 34.5. The minimum Gasteiger partial charge on any atom is -0.411 e. The van der Waals surface area contributed by atoms with Crippen molar-refractivity contribution in [1.29, 1.82) is 0 Å². The van der Waals surface area contributed by atoms with Crippen molar-refractivity contribution in [2.45, 2.75) is 84.9 Å². The third-order valence-corrected chi connectivity index (χ3v) is 54.1. The van der Waals surface area contributed by atoms with Crippen LogP contribution in [0.4, 0.5) is 0 Å². The maximum atomic E-state index is 8.01. The van der Waals surface area contributed by atoms with Crippen LogP contribution < -0.4 is 15.6 Å². The summed E-state index contributed by atoms with van der Waals surface area (Å²) in [5, 5.41) is 5.85. The molecule has 1 atom stereocenters. The Morgan fingerprint density at radius 2 is 0.875 bits per heavy atom. The van der Waals surface area contributed by atoms with Gasteiger partial charge in [0.05, 0.1) is 5.22 Å². The molecule has 0 spiro atoms. The van der Waals surface area contributed by atoms with Gasteiger partial charge in [0.1, 0.15) is 7.11 Å². The molecule has 0 saturated carbocycles. The summed E-state index contributed by atoms with van der Waals surface area (Å²) in [5.74, 6) is 0. The fourth-order valence-corrected chi connectivity index (χ4v) is 68.9. The second-order valence-electron chi connectivity index (χ2n) is 15.9. The average molecular weight is 617 g/mol. The maximum absolute atomic E-state index is 8.01. The summed E-state index contributed by atoms with van der Waals surface area (Å²) in [5.41, 5.74) is 2.97. The van der Waals surface area contributed by atoms with Crippen LogP contribution in [0.5, 0.6) is 0 Å². The molecule has 1 aliphatic heterocycles. The van der Waals surface area contributed by atoms with Crippen LogP contribution >= 0.6 is 0 Å². The first-order chi connectivity index (χ1) is 18.4. The average Bonchev–Trinajstić information content (AvgIpc) is 2.83. The van der Waals surface area contributed by atoms with Gasteiger partial charge in [-0.1, -0.05) is 157 Å². The summed E-state index contributed by atoms with van der Waals surface area (Å²) >= 11 is 0. The number of rotatable bonds is 8. The monoisotopic (exact) mass is 616 g/mol. The summed E-state index contributed by atoms with van der Waals surface area (Å²) in [6.45, 7) is 30.9. The van der Waals surface area contributed by atoms with E-state index in [0.29, 0.717) is 0 Å². The molecule has 3 aromatic carbocycles. The van der Waals surface area contributed by atoms with Crippen molar-refractivity contribution >= 4 is 54.2 Å². The van der Waals surface area contributed by atoms with Crippen molar-refractivity contribution in [3.63, 3.8) is 0 Å². The Hall–Kier alpha value is -1.56. The molecule has 0 saturated heterocycles. The second kappa shape index (κ2) is 10.3. The number of hydrogen-bond acceptors (Lipinski definition) is 1. The molecule has 0 bridgehead atoms. The third kappa shape index (κ3) is 4.63. The zero-order valence-electron chi connectivity index (χ0n) is 27.1. The van der Waals surface area contributed by atoms with Gasteiger partial charge in [-0.15, -0.1) is 0 Å². The lowest BCUT2D eigenvalue weighted by atomic mass is 9.87. The molecule has 40 heavy (non-hydrogen) atoms. The molecule has 0 amide bonds. The van der Waals surface area contributed by atoms with Crippen molar-refractivity contribution in [1.82, 2.24) is 0 Å². The van der Waals surface area contributed by atoms with Gasteiger partial charge in [0.25, 0.3) is 0 Å². The standard InChI is InChI=1S/C34H52OSi5/c1-33(2,3)34(35-36(4,5)6)32(28-39(34,37(7,8)9)38(10,11)12)40(29-22-16-13-17-23-29,30-24-18-14-19-25-30)31-26-20-15-21-27-31/h13-28H,1-12H3. The summed E-state index contributed by atoms with van der Waals surface area (Å²) in [4.78, 5) is 0. The summed E-state index contributed by atoms with van der Waals surface area (Å²) in [7, 11) is -10.1. The fourth-order valence-electron chi connectivity index (χ4n) is 8.32. The lowest BCUT2D eigenvalue weighted by Gasteiger charge is -2.74. The summed E-state index contributed by atoms with van der Waals surface area (Å²) < 4.78 is 8.01. The van der Waals surface area contributed by atoms with E-state index in [-0.39, 0.29) is 10.6 Å². The highest BCUT2D eigenvalue weighted by molar-refractivity contribution is 7.73. The van der Waals surface area contributed by atoms with Crippen molar-refractivity contribution in [3.8, 4) is 0 Å². The first-order valence-corrected chi connectivity index (χ1v) is 31.5. The number of benzene rings is 3. The van der Waals surface area contributed by atoms with Crippen LogP contribution in [0.3, 0.4) is 0 Å². The molecule has 0 aliphatic carbocycles. The van der Waals surface area contributed by atoms with Crippen LogP contribution in [0, 0.1) is 5.41 Å². The predicted octanol–water partition coefficient (Wildman–Crippen LogP) is 7.63. The van der Waals surface area contributed by atoms with E-state index in [1.807, 2.05) is 0 Å². The molecular formula is C34H52OSi5. The van der Waals surface area contributed by atoms with Crippen LogP contribution in [0.15, 0.2) is 102 Å². The van der Waals surface area contributed by atoms with E-state index < -0.39 is 38.7 Å².